The zero-order valence-electron chi connectivity index (χ0n) is 9.82. The van der Waals surface area contributed by atoms with E-state index < -0.39 is 0 Å². The van der Waals surface area contributed by atoms with Gasteiger partial charge in [0.25, 0.3) is 0 Å². The molecule has 1 aromatic rings. The molecule has 1 amide bonds. The van der Waals surface area contributed by atoms with E-state index >= 15 is 0 Å². The van der Waals surface area contributed by atoms with Gasteiger partial charge in [-0.25, -0.2) is 4.98 Å². The first-order valence-corrected chi connectivity index (χ1v) is 5.75. The third-order valence-electron chi connectivity index (χ3n) is 2.08. The van der Waals surface area contributed by atoms with E-state index in [0.29, 0.717) is 6.54 Å². The molecule has 0 atom stereocenters. The quantitative estimate of drug-likeness (QED) is 0.865. The summed E-state index contributed by atoms with van der Waals surface area (Å²) in [4.78, 5) is 18.6. The summed E-state index contributed by atoms with van der Waals surface area (Å²) in [6.07, 6.45) is 2.71. The first kappa shape index (κ1) is 15.3. The van der Waals surface area contributed by atoms with E-state index in [2.05, 4.69) is 10.3 Å². The minimum Gasteiger partial charge on any atom is -0.344 e. The number of hydrogen-bond donors (Lipinski definition) is 1. The highest BCUT2D eigenvalue weighted by Gasteiger charge is 2.08. The maximum absolute atomic E-state index is 11.4. The normalized spacial score (nSPS) is 9.69. The predicted octanol–water partition coefficient (Wildman–Crippen LogP) is 1.09. The largest absolute Gasteiger partial charge is 0.344 e. The van der Waals surface area contributed by atoms with E-state index in [9.17, 15) is 4.79 Å². The molecule has 0 bridgehead atoms. The molecular formula is C10H18ClN3OS. The van der Waals surface area contributed by atoms with Crippen LogP contribution in [0.4, 0.5) is 0 Å². The van der Waals surface area contributed by atoms with Crippen molar-refractivity contribution in [1.82, 2.24) is 15.2 Å². The van der Waals surface area contributed by atoms with Crippen molar-refractivity contribution in [1.29, 1.82) is 0 Å². The number of rotatable bonds is 5. The summed E-state index contributed by atoms with van der Waals surface area (Å²) in [5, 5.41) is 3.94. The third kappa shape index (κ3) is 4.92. The number of halogens is 1. The van der Waals surface area contributed by atoms with E-state index in [1.807, 2.05) is 20.2 Å². The lowest BCUT2D eigenvalue weighted by Gasteiger charge is -2.15. The number of nitrogens with zero attached hydrogens (tertiary/aromatic N) is 2. The Hall–Kier alpha value is -0.650. The Kier molecular flexibility index (Phi) is 7.29. The lowest BCUT2D eigenvalue weighted by atomic mass is 10.4. The number of amides is 1. The summed E-state index contributed by atoms with van der Waals surface area (Å²) < 4.78 is 0. The SMILES string of the molecule is CNCC(=O)N(C)CCc1ncc(C)s1.Cl. The monoisotopic (exact) mass is 263 g/mol. The van der Waals surface area contributed by atoms with E-state index in [4.69, 9.17) is 0 Å². The van der Waals surface area contributed by atoms with Crippen LogP contribution in [-0.4, -0.2) is 43.0 Å². The van der Waals surface area contributed by atoms with Crippen molar-refractivity contribution in [3.05, 3.63) is 16.1 Å². The van der Waals surface area contributed by atoms with Crippen LogP contribution >= 0.6 is 23.7 Å². The molecule has 0 radical (unpaired) electrons. The van der Waals surface area contributed by atoms with Crippen LogP contribution in [0.2, 0.25) is 0 Å². The molecule has 16 heavy (non-hydrogen) atoms. The first-order valence-electron chi connectivity index (χ1n) is 4.93. The summed E-state index contributed by atoms with van der Waals surface area (Å²) in [5.74, 6) is 0.116. The Morgan fingerprint density at radius 2 is 2.31 bits per heavy atom. The summed E-state index contributed by atoms with van der Waals surface area (Å²) in [6, 6.07) is 0. The Morgan fingerprint density at radius 3 is 2.81 bits per heavy atom. The summed E-state index contributed by atoms with van der Waals surface area (Å²) in [6.45, 7) is 3.16. The van der Waals surface area contributed by atoms with E-state index in [1.165, 1.54) is 4.88 Å². The van der Waals surface area contributed by atoms with Gasteiger partial charge in [0.05, 0.1) is 11.6 Å². The second-order valence-corrected chi connectivity index (χ2v) is 4.78. The van der Waals surface area contributed by atoms with Crippen LogP contribution in [0.5, 0.6) is 0 Å². The fourth-order valence-electron chi connectivity index (χ4n) is 1.19. The molecule has 1 aromatic heterocycles. The maximum atomic E-state index is 11.4. The predicted molar refractivity (Wildman–Crippen MR) is 69.4 cm³/mol. The summed E-state index contributed by atoms with van der Waals surface area (Å²) in [5.41, 5.74) is 0. The Morgan fingerprint density at radius 1 is 1.62 bits per heavy atom. The number of likely N-dealkylation sites (N-methyl/N-ethyl adjacent to an activating group) is 2. The minimum atomic E-state index is 0. The van der Waals surface area contributed by atoms with Crippen LogP contribution in [-0.2, 0) is 11.2 Å². The number of carbonyl (C=O) groups is 1. The molecule has 0 unspecified atom stereocenters. The number of nitrogens with one attached hydrogen (secondary N) is 1. The van der Waals surface area contributed by atoms with Gasteiger partial charge in [-0.1, -0.05) is 0 Å². The molecule has 1 heterocycles. The van der Waals surface area contributed by atoms with Crippen molar-refractivity contribution < 1.29 is 4.79 Å². The molecule has 1 rings (SSSR count). The highest BCUT2D eigenvalue weighted by atomic mass is 35.5. The standard InChI is InChI=1S/C10H17N3OS.ClH/c1-8-6-12-9(15-8)4-5-13(3)10(14)7-11-2;/h6,11H,4-5,7H2,1-3H3;1H. The lowest BCUT2D eigenvalue weighted by Crippen LogP contribution is -2.35. The molecule has 0 aromatic carbocycles. The van der Waals surface area contributed by atoms with Gasteiger partial charge in [0, 0.05) is 31.1 Å². The van der Waals surface area contributed by atoms with Crippen LogP contribution in [0.15, 0.2) is 6.20 Å². The van der Waals surface area contributed by atoms with Crippen molar-refractivity contribution >= 4 is 29.7 Å². The number of aromatic nitrogens is 1. The molecule has 0 spiro atoms. The average Bonchev–Trinajstić information content (AvgIpc) is 2.61. The fourth-order valence-corrected chi connectivity index (χ4v) is 1.97. The van der Waals surface area contributed by atoms with Gasteiger partial charge in [-0.05, 0) is 14.0 Å². The highest BCUT2D eigenvalue weighted by Crippen LogP contribution is 2.11. The van der Waals surface area contributed by atoms with Crippen molar-refractivity contribution in [2.45, 2.75) is 13.3 Å². The lowest BCUT2D eigenvalue weighted by molar-refractivity contribution is -0.128. The fraction of sp³-hybridized carbons (Fsp3) is 0.600. The molecule has 6 heteroatoms. The average molecular weight is 264 g/mol. The molecular weight excluding hydrogens is 246 g/mol. The molecule has 0 aliphatic rings. The summed E-state index contributed by atoms with van der Waals surface area (Å²) in [7, 11) is 3.59. The minimum absolute atomic E-state index is 0. The Labute approximate surface area is 106 Å². The van der Waals surface area contributed by atoms with E-state index in [1.54, 1.807) is 23.3 Å². The second kappa shape index (κ2) is 7.60. The molecule has 0 saturated carbocycles. The van der Waals surface area contributed by atoms with Gasteiger partial charge in [-0.15, -0.1) is 23.7 Å². The maximum Gasteiger partial charge on any atom is 0.236 e. The van der Waals surface area contributed by atoms with Crippen molar-refractivity contribution in [2.75, 3.05) is 27.2 Å². The highest BCUT2D eigenvalue weighted by molar-refractivity contribution is 7.11. The number of thiazole rings is 1. The summed E-state index contributed by atoms with van der Waals surface area (Å²) >= 11 is 1.69. The number of carbonyl (C=O) groups excluding carboxylic acids is 1. The Bertz CT molecular complexity index is 330. The second-order valence-electron chi connectivity index (χ2n) is 3.46. The van der Waals surface area contributed by atoms with Gasteiger partial charge < -0.3 is 10.2 Å². The van der Waals surface area contributed by atoms with Gasteiger partial charge >= 0.3 is 0 Å². The molecule has 0 aliphatic carbocycles. The number of aryl methyl sites for hydroxylation is 1. The van der Waals surface area contributed by atoms with Gasteiger partial charge in [-0.2, -0.15) is 0 Å². The van der Waals surface area contributed by atoms with Crippen molar-refractivity contribution in [3.63, 3.8) is 0 Å². The van der Waals surface area contributed by atoms with Crippen LogP contribution in [0.3, 0.4) is 0 Å². The zero-order valence-corrected chi connectivity index (χ0v) is 11.5. The van der Waals surface area contributed by atoms with Crippen molar-refractivity contribution in [3.8, 4) is 0 Å². The molecule has 1 N–H and O–H groups in total. The van der Waals surface area contributed by atoms with Crippen molar-refractivity contribution in [2.24, 2.45) is 0 Å². The molecule has 0 aliphatic heterocycles. The molecule has 4 nitrogen and oxygen atoms in total. The van der Waals surface area contributed by atoms with Crippen LogP contribution in [0.25, 0.3) is 0 Å². The van der Waals surface area contributed by atoms with Gasteiger partial charge in [0.15, 0.2) is 0 Å². The van der Waals surface area contributed by atoms with Crippen LogP contribution < -0.4 is 5.32 Å². The molecule has 92 valence electrons. The van der Waals surface area contributed by atoms with Gasteiger partial charge in [-0.3, -0.25) is 4.79 Å². The topological polar surface area (TPSA) is 45.2 Å². The van der Waals surface area contributed by atoms with Crippen LogP contribution in [0.1, 0.15) is 9.88 Å². The van der Waals surface area contributed by atoms with Gasteiger partial charge in [0.2, 0.25) is 5.91 Å². The third-order valence-corrected chi connectivity index (χ3v) is 3.06. The molecule has 0 saturated heterocycles. The Balaban J connectivity index is 0.00000225. The van der Waals surface area contributed by atoms with E-state index in [-0.39, 0.29) is 18.3 Å². The van der Waals surface area contributed by atoms with Gasteiger partial charge in [0.1, 0.15) is 0 Å². The zero-order chi connectivity index (χ0) is 11.3. The molecule has 0 fully saturated rings. The smallest absolute Gasteiger partial charge is 0.236 e. The first-order chi connectivity index (χ1) is 7.13. The van der Waals surface area contributed by atoms with Crippen LogP contribution in [0, 0.1) is 6.92 Å². The number of hydrogen-bond acceptors (Lipinski definition) is 4. The van der Waals surface area contributed by atoms with E-state index in [0.717, 1.165) is 18.0 Å².